The number of ether oxygens (including phenoxy) is 1. The highest BCUT2D eigenvalue weighted by Crippen LogP contribution is 2.27. The summed E-state index contributed by atoms with van der Waals surface area (Å²) in [4.78, 5) is 23.9. The second kappa shape index (κ2) is 10.2. The summed E-state index contributed by atoms with van der Waals surface area (Å²) in [6, 6.07) is 12.2. The molecule has 2 aromatic carbocycles. The zero-order chi connectivity index (χ0) is 20.7. The molecular formula is C20H22BrN3O3S. The van der Waals surface area contributed by atoms with Crippen LogP contribution in [0.4, 0.5) is 11.4 Å². The molecule has 6 nitrogen and oxygen atoms in total. The maximum absolute atomic E-state index is 12.4. The van der Waals surface area contributed by atoms with E-state index in [1.165, 1.54) is 0 Å². The van der Waals surface area contributed by atoms with Gasteiger partial charge >= 0.3 is 0 Å². The van der Waals surface area contributed by atoms with E-state index in [0.29, 0.717) is 33.6 Å². The minimum absolute atomic E-state index is 0.0330. The first-order valence-corrected chi connectivity index (χ1v) is 9.97. The fourth-order valence-corrected chi connectivity index (χ4v) is 2.94. The normalized spacial score (nSPS) is 10.3. The molecule has 2 rings (SSSR count). The number of rotatable bonds is 6. The minimum atomic E-state index is -0.343. The van der Waals surface area contributed by atoms with Crippen LogP contribution in [0.3, 0.4) is 0 Å². The van der Waals surface area contributed by atoms with Crippen LogP contribution < -0.4 is 20.7 Å². The van der Waals surface area contributed by atoms with Gasteiger partial charge in [0.15, 0.2) is 5.11 Å². The molecule has 28 heavy (non-hydrogen) atoms. The number of benzene rings is 2. The molecule has 0 bridgehead atoms. The van der Waals surface area contributed by atoms with Crippen LogP contribution in [0.2, 0.25) is 0 Å². The van der Waals surface area contributed by atoms with E-state index < -0.39 is 0 Å². The number of carbonyl (C=O) groups excluding carboxylic acids is 2. The second-order valence-electron chi connectivity index (χ2n) is 6.20. The predicted octanol–water partition coefficient (Wildman–Crippen LogP) is 4.71. The first-order chi connectivity index (χ1) is 13.3. The van der Waals surface area contributed by atoms with Crippen LogP contribution in [0.1, 0.15) is 37.6 Å². The van der Waals surface area contributed by atoms with Crippen molar-refractivity contribution in [3.05, 3.63) is 52.5 Å². The molecule has 0 saturated carbocycles. The van der Waals surface area contributed by atoms with Gasteiger partial charge in [-0.15, -0.1) is 0 Å². The summed E-state index contributed by atoms with van der Waals surface area (Å²) >= 11 is 8.62. The lowest BCUT2D eigenvalue weighted by Crippen LogP contribution is -2.34. The number of thiocarbonyl (C=S) groups is 1. The van der Waals surface area contributed by atoms with Crippen molar-refractivity contribution in [2.45, 2.75) is 33.3 Å². The topological polar surface area (TPSA) is 79.5 Å². The van der Waals surface area contributed by atoms with Crippen molar-refractivity contribution in [2.75, 3.05) is 10.6 Å². The summed E-state index contributed by atoms with van der Waals surface area (Å²) in [6.45, 7) is 5.64. The Morgan fingerprint density at radius 1 is 1.11 bits per heavy atom. The molecule has 2 amide bonds. The highest BCUT2D eigenvalue weighted by Gasteiger charge is 2.12. The quantitative estimate of drug-likeness (QED) is 0.540. The first kappa shape index (κ1) is 21.8. The molecule has 0 spiro atoms. The highest BCUT2D eigenvalue weighted by molar-refractivity contribution is 9.10. The lowest BCUT2D eigenvalue weighted by atomic mass is 10.2. The number of amides is 2. The van der Waals surface area contributed by atoms with Crippen LogP contribution in [0.5, 0.6) is 5.75 Å². The Morgan fingerprint density at radius 2 is 1.79 bits per heavy atom. The molecule has 0 radical (unpaired) electrons. The maximum Gasteiger partial charge on any atom is 0.257 e. The summed E-state index contributed by atoms with van der Waals surface area (Å²) < 4.78 is 6.33. The van der Waals surface area contributed by atoms with Crippen LogP contribution in [0.15, 0.2) is 46.9 Å². The Balaban J connectivity index is 1.99. The predicted molar refractivity (Wildman–Crippen MR) is 119 cm³/mol. The van der Waals surface area contributed by atoms with Crippen molar-refractivity contribution >= 4 is 56.4 Å². The number of nitrogens with one attached hydrogen (secondary N) is 3. The van der Waals surface area contributed by atoms with Gasteiger partial charge in [0.2, 0.25) is 5.91 Å². The van der Waals surface area contributed by atoms with Gasteiger partial charge in [-0.05, 0) is 78.4 Å². The van der Waals surface area contributed by atoms with Crippen molar-refractivity contribution in [1.82, 2.24) is 5.32 Å². The lowest BCUT2D eigenvalue weighted by molar-refractivity contribution is -0.115. The summed E-state index contributed by atoms with van der Waals surface area (Å²) in [5, 5.41) is 8.50. The molecule has 0 saturated heterocycles. The molecule has 0 unspecified atom stereocenters. The van der Waals surface area contributed by atoms with Gasteiger partial charge in [-0.1, -0.05) is 13.0 Å². The molecular weight excluding hydrogens is 442 g/mol. The van der Waals surface area contributed by atoms with Crippen LogP contribution in [0, 0.1) is 0 Å². The van der Waals surface area contributed by atoms with E-state index in [2.05, 4.69) is 31.9 Å². The Kier molecular flexibility index (Phi) is 7.95. The molecule has 0 atom stereocenters. The van der Waals surface area contributed by atoms with Crippen molar-refractivity contribution in [3.8, 4) is 5.75 Å². The fraction of sp³-hybridized carbons (Fsp3) is 0.250. The van der Waals surface area contributed by atoms with Crippen LogP contribution in [0.25, 0.3) is 0 Å². The number of halogens is 1. The number of anilines is 2. The van der Waals surface area contributed by atoms with Gasteiger partial charge in [-0.2, -0.15) is 0 Å². The van der Waals surface area contributed by atoms with Gasteiger partial charge in [-0.25, -0.2) is 0 Å². The zero-order valence-corrected chi connectivity index (χ0v) is 18.2. The van der Waals surface area contributed by atoms with E-state index >= 15 is 0 Å². The fourth-order valence-electron chi connectivity index (χ4n) is 2.25. The molecule has 8 heteroatoms. The average Bonchev–Trinajstić information content (AvgIpc) is 2.63. The highest BCUT2D eigenvalue weighted by atomic mass is 79.9. The van der Waals surface area contributed by atoms with Crippen LogP contribution in [-0.2, 0) is 4.79 Å². The van der Waals surface area contributed by atoms with Crippen LogP contribution in [-0.4, -0.2) is 23.0 Å². The summed E-state index contributed by atoms with van der Waals surface area (Å²) in [6.07, 6.45) is 0.425. The van der Waals surface area contributed by atoms with E-state index in [0.717, 1.165) is 0 Å². The Labute approximate surface area is 178 Å². The van der Waals surface area contributed by atoms with Crippen molar-refractivity contribution < 1.29 is 14.3 Å². The molecule has 0 aromatic heterocycles. The minimum Gasteiger partial charge on any atom is -0.490 e. The van der Waals surface area contributed by atoms with Gasteiger partial charge in [0.25, 0.3) is 5.91 Å². The molecule has 0 aliphatic heterocycles. The van der Waals surface area contributed by atoms with Gasteiger partial charge in [0.05, 0.1) is 10.6 Å². The third-order valence-corrected chi connectivity index (χ3v) is 4.33. The molecule has 2 aromatic rings. The second-order valence-corrected chi connectivity index (χ2v) is 7.47. The average molecular weight is 464 g/mol. The van der Waals surface area contributed by atoms with E-state index in [-0.39, 0.29) is 23.0 Å². The Morgan fingerprint density at radius 3 is 2.39 bits per heavy atom. The molecule has 0 aliphatic carbocycles. The number of hydrogen-bond acceptors (Lipinski definition) is 4. The molecule has 0 aliphatic rings. The zero-order valence-electron chi connectivity index (χ0n) is 15.8. The Hall–Kier alpha value is -2.45. The van der Waals surface area contributed by atoms with E-state index in [4.69, 9.17) is 17.0 Å². The van der Waals surface area contributed by atoms with Crippen molar-refractivity contribution in [2.24, 2.45) is 0 Å². The Bertz CT molecular complexity index is 887. The monoisotopic (exact) mass is 463 g/mol. The van der Waals surface area contributed by atoms with Crippen molar-refractivity contribution in [1.29, 1.82) is 0 Å². The molecule has 148 valence electrons. The van der Waals surface area contributed by atoms with Gasteiger partial charge in [0.1, 0.15) is 5.75 Å². The SMILES string of the molecule is CCC(=O)Nc1cccc(NC(=S)NC(=O)c2ccc(OC(C)C)c(Br)c2)c1. The molecule has 0 heterocycles. The standard InChI is InChI=1S/C20H22BrN3O3S/c1-4-18(25)22-14-6-5-7-15(11-14)23-20(28)24-19(26)13-8-9-17(16(21)10-13)27-12(2)3/h5-12H,4H2,1-3H3,(H,22,25)(H2,23,24,26,28). The molecule has 3 N–H and O–H groups in total. The first-order valence-electron chi connectivity index (χ1n) is 8.77. The summed E-state index contributed by atoms with van der Waals surface area (Å²) in [7, 11) is 0. The van der Waals surface area contributed by atoms with E-state index in [1.54, 1.807) is 49.4 Å². The maximum atomic E-state index is 12.4. The number of hydrogen-bond donors (Lipinski definition) is 3. The molecule has 0 fully saturated rings. The van der Waals surface area contributed by atoms with Gasteiger partial charge in [0, 0.05) is 23.4 Å². The largest absolute Gasteiger partial charge is 0.490 e. The summed E-state index contributed by atoms with van der Waals surface area (Å²) in [5.41, 5.74) is 1.74. The smallest absolute Gasteiger partial charge is 0.257 e. The van der Waals surface area contributed by atoms with E-state index in [9.17, 15) is 9.59 Å². The van der Waals surface area contributed by atoms with Crippen LogP contribution >= 0.6 is 28.1 Å². The third kappa shape index (κ3) is 6.61. The van der Waals surface area contributed by atoms with Gasteiger partial charge < -0.3 is 15.4 Å². The lowest BCUT2D eigenvalue weighted by Gasteiger charge is -2.13. The van der Waals surface area contributed by atoms with Crippen molar-refractivity contribution in [3.63, 3.8) is 0 Å². The third-order valence-electron chi connectivity index (χ3n) is 3.51. The summed E-state index contributed by atoms with van der Waals surface area (Å²) in [5.74, 6) is 0.242. The van der Waals surface area contributed by atoms with Gasteiger partial charge in [-0.3, -0.25) is 14.9 Å². The number of carbonyl (C=O) groups is 2. The van der Waals surface area contributed by atoms with E-state index in [1.807, 2.05) is 13.8 Å².